The van der Waals surface area contributed by atoms with Crippen LogP contribution >= 0.6 is 0 Å². The highest BCUT2D eigenvalue weighted by Gasteiger charge is 2.02. The van der Waals surface area contributed by atoms with Crippen molar-refractivity contribution in [2.24, 2.45) is 11.8 Å². The van der Waals surface area contributed by atoms with Gasteiger partial charge in [0, 0.05) is 5.57 Å². The minimum absolute atomic E-state index is 0.296. The van der Waals surface area contributed by atoms with Gasteiger partial charge in [-0.15, -0.1) is 0 Å². The minimum Gasteiger partial charge on any atom is -0.290 e. The van der Waals surface area contributed by atoms with Crippen molar-refractivity contribution in [3.8, 4) is 0 Å². The largest absolute Gasteiger partial charge is 0.290 e. The summed E-state index contributed by atoms with van der Waals surface area (Å²) in [5.41, 5.74) is 2.62. The van der Waals surface area contributed by atoms with Crippen LogP contribution in [0.4, 0.5) is 0 Å². The summed E-state index contributed by atoms with van der Waals surface area (Å²) in [7, 11) is 0. The predicted molar refractivity (Wildman–Crippen MR) is 63.8 cm³/mol. The number of carbonyl (C=O) groups excluding carboxylic acids is 1. The van der Waals surface area contributed by atoms with E-state index in [0.29, 0.717) is 11.5 Å². The summed E-state index contributed by atoms with van der Waals surface area (Å²) in [6.07, 6.45) is 9.05. The molecule has 0 aliphatic heterocycles. The molecular weight excluding hydrogens is 188 g/mol. The molecule has 0 aromatic rings. The molecule has 1 atom stereocenters. The Kier molecular flexibility index (Phi) is 7.28. The van der Waals surface area contributed by atoms with Gasteiger partial charge in [0.1, 0.15) is 0 Å². The fourth-order valence-corrected chi connectivity index (χ4v) is 1.01. The van der Waals surface area contributed by atoms with E-state index in [4.69, 9.17) is 5.84 Å². The first-order valence-electron chi connectivity index (χ1n) is 5.15. The topological polar surface area (TPSA) is 55.1 Å². The van der Waals surface area contributed by atoms with Crippen LogP contribution < -0.4 is 11.3 Å². The number of nitrogens with one attached hydrogen (secondary N) is 1. The number of rotatable bonds is 6. The van der Waals surface area contributed by atoms with E-state index in [9.17, 15) is 4.79 Å². The zero-order valence-electron chi connectivity index (χ0n) is 9.49. The molecule has 3 nitrogen and oxygen atoms in total. The lowest BCUT2D eigenvalue weighted by Crippen LogP contribution is -2.30. The molecule has 0 aliphatic carbocycles. The van der Waals surface area contributed by atoms with Crippen LogP contribution in [-0.4, -0.2) is 5.91 Å². The molecular formula is C12H20N2O. The summed E-state index contributed by atoms with van der Waals surface area (Å²) < 4.78 is 0. The van der Waals surface area contributed by atoms with Gasteiger partial charge >= 0.3 is 0 Å². The molecule has 0 aliphatic rings. The molecule has 3 heteroatoms. The Morgan fingerprint density at radius 1 is 1.60 bits per heavy atom. The fourth-order valence-electron chi connectivity index (χ4n) is 1.01. The predicted octanol–water partition coefficient (Wildman–Crippen LogP) is 2.08. The highest BCUT2D eigenvalue weighted by atomic mass is 16.2. The quantitative estimate of drug-likeness (QED) is 0.231. The molecule has 84 valence electrons. The van der Waals surface area contributed by atoms with Crippen LogP contribution in [0, 0.1) is 5.92 Å². The van der Waals surface area contributed by atoms with Gasteiger partial charge in [-0.1, -0.05) is 51.2 Å². The lowest BCUT2D eigenvalue weighted by molar-refractivity contribution is -0.117. The van der Waals surface area contributed by atoms with Crippen molar-refractivity contribution < 1.29 is 4.79 Å². The molecule has 0 aromatic heterocycles. The van der Waals surface area contributed by atoms with E-state index in [1.54, 1.807) is 18.2 Å². The van der Waals surface area contributed by atoms with Crippen molar-refractivity contribution in [2.45, 2.75) is 26.7 Å². The maximum Gasteiger partial charge on any atom is 0.265 e. The minimum atomic E-state index is -0.296. The summed E-state index contributed by atoms with van der Waals surface area (Å²) >= 11 is 0. The second-order valence-electron chi connectivity index (χ2n) is 3.48. The van der Waals surface area contributed by atoms with Crippen LogP contribution in [0.3, 0.4) is 0 Å². The Labute approximate surface area is 91.7 Å². The number of allylic oxidation sites excluding steroid dienone is 3. The number of hydrazine groups is 1. The second kappa shape index (κ2) is 8.00. The Morgan fingerprint density at radius 3 is 2.73 bits per heavy atom. The lowest BCUT2D eigenvalue weighted by Gasteiger charge is -2.03. The molecule has 1 amide bonds. The van der Waals surface area contributed by atoms with Crippen LogP contribution in [0.25, 0.3) is 0 Å². The van der Waals surface area contributed by atoms with E-state index in [1.165, 1.54) is 0 Å². The number of hydrogen-bond donors (Lipinski definition) is 2. The first-order valence-corrected chi connectivity index (χ1v) is 5.15. The molecule has 3 N–H and O–H groups in total. The van der Waals surface area contributed by atoms with Gasteiger partial charge in [0.15, 0.2) is 0 Å². The van der Waals surface area contributed by atoms with Gasteiger partial charge in [0.2, 0.25) is 0 Å². The number of nitrogens with two attached hydrogens (primary N) is 1. The number of hydrogen-bond acceptors (Lipinski definition) is 2. The first kappa shape index (κ1) is 13.7. The fraction of sp³-hybridized carbons (Fsp3) is 0.417. The van der Waals surface area contributed by atoms with Crippen molar-refractivity contribution >= 4 is 5.91 Å². The van der Waals surface area contributed by atoms with Gasteiger partial charge in [-0.3, -0.25) is 10.2 Å². The van der Waals surface area contributed by atoms with Gasteiger partial charge in [-0.2, -0.15) is 0 Å². The average Bonchev–Trinajstić information content (AvgIpc) is 2.26. The molecule has 0 radical (unpaired) electrons. The van der Waals surface area contributed by atoms with E-state index in [-0.39, 0.29) is 5.91 Å². The number of amides is 1. The SMILES string of the molecule is C=C/C=C(\C=C/CC(C)CC)C(=O)NN. The zero-order chi connectivity index (χ0) is 11.7. The molecule has 0 aromatic carbocycles. The Hall–Kier alpha value is -1.35. The van der Waals surface area contributed by atoms with E-state index >= 15 is 0 Å². The molecule has 0 bridgehead atoms. The van der Waals surface area contributed by atoms with Gasteiger partial charge < -0.3 is 0 Å². The molecule has 0 saturated carbocycles. The first-order chi connectivity index (χ1) is 7.15. The monoisotopic (exact) mass is 208 g/mol. The van der Waals surface area contributed by atoms with Crippen molar-refractivity contribution in [3.05, 3.63) is 36.5 Å². The standard InChI is InChI=1S/C12H20N2O/c1-4-7-11(12(15)14-13)9-6-8-10(3)5-2/h4,6-7,9-10H,1,5,8,13H2,2-3H3,(H,14,15)/b9-6-,11-7+. The van der Waals surface area contributed by atoms with E-state index < -0.39 is 0 Å². The van der Waals surface area contributed by atoms with Crippen molar-refractivity contribution in [3.63, 3.8) is 0 Å². The van der Waals surface area contributed by atoms with Crippen LogP contribution in [0.1, 0.15) is 26.7 Å². The van der Waals surface area contributed by atoms with Gasteiger partial charge in [-0.05, 0) is 12.3 Å². The maximum atomic E-state index is 11.2. The van der Waals surface area contributed by atoms with Gasteiger partial charge in [0.05, 0.1) is 0 Å². The van der Waals surface area contributed by atoms with E-state index in [1.807, 2.05) is 6.08 Å². The van der Waals surface area contributed by atoms with Crippen molar-refractivity contribution in [1.29, 1.82) is 0 Å². The summed E-state index contributed by atoms with van der Waals surface area (Å²) in [4.78, 5) is 11.2. The van der Waals surface area contributed by atoms with Crippen LogP contribution in [0.5, 0.6) is 0 Å². The average molecular weight is 208 g/mol. The number of carbonyl (C=O) groups is 1. The Bertz CT molecular complexity index is 267. The maximum absolute atomic E-state index is 11.2. The summed E-state index contributed by atoms with van der Waals surface area (Å²) in [6.45, 7) is 7.86. The normalized spacial score (nSPS) is 13.9. The third-order valence-electron chi connectivity index (χ3n) is 2.22. The molecule has 0 saturated heterocycles. The van der Waals surface area contributed by atoms with Gasteiger partial charge in [-0.25, -0.2) is 5.84 Å². The smallest absolute Gasteiger partial charge is 0.265 e. The molecule has 0 heterocycles. The Morgan fingerprint density at radius 2 is 2.27 bits per heavy atom. The van der Waals surface area contributed by atoms with Crippen molar-refractivity contribution in [2.75, 3.05) is 0 Å². The molecule has 0 rings (SSSR count). The Balaban J connectivity index is 4.36. The highest BCUT2D eigenvalue weighted by molar-refractivity contribution is 5.95. The summed E-state index contributed by atoms with van der Waals surface area (Å²) in [5, 5.41) is 0. The lowest BCUT2D eigenvalue weighted by atomic mass is 10.0. The molecule has 15 heavy (non-hydrogen) atoms. The summed E-state index contributed by atoms with van der Waals surface area (Å²) in [5.74, 6) is 5.39. The van der Waals surface area contributed by atoms with E-state index in [0.717, 1.165) is 12.8 Å². The van der Waals surface area contributed by atoms with Crippen LogP contribution in [-0.2, 0) is 4.79 Å². The zero-order valence-corrected chi connectivity index (χ0v) is 9.49. The van der Waals surface area contributed by atoms with Crippen LogP contribution in [0.15, 0.2) is 36.5 Å². The second-order valence-corrected chi connectivity index (χ2v) is 3.48. The van der Waals surface area contributed by atoms with Crippen molar-refractivity contribution in [1.82, 2.24) is 5.43 Å². The third-order valence-corrected chi connectivity index (χ3v) is 2.22. The highest BCUT2D eigenvalue weighted by Crippen LogP contribution is 2.08. The van der Waals surface area contributed by atoms with E-state index in [2.05, 4.69) is 25.9 Å². The molecule has 0 spiro atoms. The van der Waals surface area contributed by atoms with Crippen LogP contribution in [0.2, 0.25) is 0 Å². The molecule has 0 fully saturated rings. The third kappa shape index (κ3) is 5.86. The summed E-state index contributed by atoms with van der Waals surface area (Å²) in [6, 6.07) is 0. The van der Waals surface area contributed by atoms with Gasteiger partial charge in [0.25, 0.3) is 5.91 Å². The molecule has 1 unspecified atom stereocenters.